The fraction of sp³-hybridized carbons (Fsp3) is 0.231. The normalized spacial score (nSPS) is 11.9. The number of nitrogens with one attached hydrogen (secondary N) is 1. The van der Waals surface area contributed by atoms with Crippen LogP contribution in [-0.2, 0) is 14.8 Å². The van der Waals surface area contributed by atoms with Gasteiger partial charge in [-0.25, -0.2) is 13.1 Å². The van der Waals surface area contributed by atoms with Crippen LogP contribution in [-0.4, -0.2) is 28.7 Å². The summed E-state index contributed by atoms with van der Waals surface area (Å²) in [5.41, 5.74) is 0. The van der Waals surface area contributed by atoms with Crippen molar-refractivity contribution in [2.45, 2.75) is 4.90 Å². The zero-order chi connectivity index (χ0) is 13.9. The Balaban J connectivity index is 2.48. The average molecular weight is 344 g/mol. The number of rotatable bonds is 5. The molecule has 0 spiro atoms. The van der Waals surface area contributed by atoms with Gasteiger partial charge in [0.1, 0.15) is 0 Å². The summed E-state index contributed by atoms with van der Waals surface area (Å²) in [6.45, 7) is 0.594. The summed E-state index contributed by atoms with van der Waals surface area (Å²) in [4.78, 5) is 0.280. The van der Waals surface area contributed by atoms with E-state index in [0.29, 0.717) is 12.0 Å². The van der Waals surface area contributed by atoms with Crippen LogP contribution in [0, 0.1) is 0 Å². The van der Waals surface area contributed by atoms with Gasteiger partial charge in [0.15, 0.2) is 0 Å². The van der Waals surface area contributed by atoms with Crippen molar-refractivity contribution in [3.05, 3.63) is 40.9 Å². The minimum atomic E-state index is -3.53. The Hall–Kier alpha value is -0.950. The standard InChI is InChI=1S/C13H14BrNO3S/c1-18-9-8-15-19(16,17)13-7-6-12(14)10-4-2-3-5-11(10)13/h2-7,15H,8-9H2,1H3. The molecule has 0 atom stereocenters. The van der Waals surface area contributed by atoms with Gasteiger partial charge in [-0.2, -0.15) is 0 Å². The van der Waals surface area contributed by atoms with Gasteiger partial charge in [-0.15, -0.1) is 0 Å². The van der Waals surface area contributed by atoms with Crippen LogP contribution < -0.4 is 4.72 Å². The van der Waals surface area contributed by atoms with Crippen molar-refractivity contribution >= 4 is 36.7 Å². The molecule has 0 aliphatic rings. The van der Waals surface area contributed by atoms with Gasteiger partial charge in [-0.05, 0) is 17.5 Å². The van der Waals surface area contributed by atoms with Crippen LogP contribution in [0.25, 0.3) is 10.8 Å². The highest BCUT2D eigenvalue weighted by Crippen LogP contribution is 2.29. The number of fused-ring (bicyclic) bond motifs is 1. The second-order valence-electron chi connectivity index (χ2n) is 3.98. The molecule has 4 nitrogen and oxygen atoms in total. The lowest BCUT2D eigenvalue weighted by molar-refractivity contribution is 0.204. The molecule has 0 heterocycles. The maximum absolute atomic E-state index is 12.3. The lowest BCUT2D eigenvalue weighted by atomic mass is 10.1. The van der Waals surface area contributed by atoms with Crippen molar-refractivity contribution in [2.75, 3.05) is 20.3 Å². The Kier molecular flexibility index (Phi) is 4.57. The molecule has 0 radical (unpaired) electrons. The van der Waals surface area contributed by atoms with Crippen molar-refractivity contribution in [1.82, 2.24) is 4.72 Å². The molecule has 2 aromatic rings. The molecule has 102 valence electrons. The van der Waals surface area contributed by atoms with Gasteiger partial charge in [0.2, 0.25) is 10.0 Å². The summed E-state index contributed by atoms with van der Waals surface area (Å²) in [5.74, 6) is 0. The van der Waals surface area contributed by atoms with E-state index in [4.69, 9.17) is 4.74 Å². The van der Waals surface area contributed by atoms with E-state index in [2.05, 4.69) is 20.7 Å². The third-order valence-electron chi connectivity index (χ3n) is 2.72. The second kappa shape index (κ2) is 6.00. The molecule has 0 saturated heterocycles. The van der Waals surface area contributed by atoms with Crippen LogP contribution in [0.3, 0.4) is 0 Å². The molecule has 1 N–H and O–H groups in total. The molecule has 2 rings (SSSR count). The highest BCUT2D eigenvalue weighted by atomic mass is 79.9. The Morgan fingerprint density at radius 2 is 1.84 bits per heavy atom. The third-order valence-corrected chi connectivity index (χ3v) is 4.93. The number of benzene rings is 2. The minimum absolute atomic E-state index is 0.253. The molecule has 0 fully saturated rings. The smallest absolute Gasteiger partial charge is 0.241 e. The minimum Gasteiger partial charge on any atom is -0.383 e. The van der Waals surface area contributed by atoms with E-state index >= 15 is 0 Å². The molecular weight excluding hydrogens is 330 g/mol. The summed E-state index contributed by atoms with van der Waals surface area (Å²) in [6.07, 6.45) is 0. The summed E-state index contributed by atoms with van der Waals surface area (Å²) >= 11 is 3.43. The molecule has 2 aromatic carbocycles. The quantitative estimate of drug-likeness (QED) is 0.848. The van der Waals surface area contributed by atoms with Gasteiger partial charge in [0, 0.05) is 23.5 Å². The van der Waals surface area contributed by atoms with Crippen LogP contribution in [0.4, 0.5) is 0 Å². The maximum atomic E-state index is 12.3. The average Bonchev–Trinajstić information content (AvgIpc) is 2.39. The highest BCUT2D eigenvalue weighted by Gasteiger charge is 2.17. The molecule has 0 aliphatic heterocycles. The second-order valence-corrected chi connectivity index (χ2v) is 6.57. The van der Waals surface area contributed by atoms with Gasteiger partial charge in [0.25, 0.3) is 0 Å². The predicted octanol–water partition coefficient (Wildman–Crippen LogP) is 2.53. The molecule has 6 heteroatoms. The van der Waals surface area contributed by atoms with E-state index in [1.54, 1.807) is 18.2 Å². The Labute approximate surface area is 120 Å². The molecule has 0 unspecified atom stereocenters. The van der Waals surface area contributed by atoms with E-state index in [-0.39, 0.29) is 11.4 Å². The monoisotopic (exact) mass is 343 g/mol. The van der Waals surface area contributed by atoms with E-state index in [1.165, 1.54) is 7.11 Å². The van der Waals surface area contributed by atoms with Gasteiger partial charge >= 0.3 is 0 Å². The van der Waals surface area contributed by atoms with Crippen LogP contribution in [0.1, 0.15) is 0 Å². The summed E-state index contributed by atoms with van der Waals surface area (Å²) in [6, 6.07) is 10.7. The van der Waals surface area contributed by atoms with Crippen molar-refractivity contribution in [3.8, 4) is 0 Å². The van der Waals surface area contributed by atoms with Crippen molar-refractivity contribution in [2.24, 2.45) is 0 Å². The van der Waals surface area contributed by atoms with Crippen LogP contribution >= 0.6 is 15.9 Å². The van der Waals surface area contributed by atoms with Crippen LogP contribution in [0.2, 0.25) is 0 Å². The van der Waals surface area contributed by atoms with Gasteiger partial charge < -0.3 is 4.74 Å². The van der Waals surface area contributed by atoms with Crippen LogP contribution in [0.15, 0.2) is 45.8 Å². The van der Waals surface area contributed by atoms with Crippen molar-refractivity contribution < 1.29 is 13.2 Å². The lowest BCUT2D eigenvalue weighted by Gasteiger charge is -2.10. The van der Waals surface area contributed by atoms with E-state index in [1.807, 2.05) is 18.2 Å². The van der Waals surface area contributed by atoms with E-state index in [9.17, 15) is 8.42 Å². The summed E-state index contributed by atoms with van der Waals surface area (Å²) in [5, 5.41) is 1.57. The van der Waals surface area contributed by atoms with Crippen molar-refractivity contribution in [3.63, 3.8) is 0 Å². The van der Waals surface area contributed by atoms with E-state index in [0.717, 1.165) is 9.86 Å². The Morgan fingerprint density at radius 1 is 1.16 bits per heavy atom. The number of hydrogen-bond acceptors (Lipinski definition) is 3. The number of methoxy groups -OCH3 is 1. The molecule has 0 aliphatic carbocycles. The maximum Gasteiger partial charge on any atom is 0.241 e. The molecule has 0 aromatic heterocycles. The van der Waals surface area contributed by atoms with Gasteiger partial charge in [0.05, 0.1) is 11.5 Å². The summed E-state index contributed by atoms with van der Waals surface area (Å²) in [7, 11) is -2.00. The van der Waals surface area contributed by atoms with Crippen molar-refractivity contribution in [1.29, 1.82) is 0 Å². The number of sulfonamides is 1. The number of ether oxygens (including phenoxy) is 1. The first-order valence-corrected chi connectivity index (χ1v) is 8.00. The number of hydrogen-bond donors (Lipinski definition) is 1. The molecular formula is C13H14BrNO3S. The molecule has 0 amide bonds. The first kappa shape index (κ1) is 14.5. The molecule has 0 saturated carbocycles. The first-order chi connectivity index (χ1) is 9.06. The summed E-state index contributed by atoms with van der Waals surface area (Å²) < 4.78 is 32.7. The zero-order valence-corrected chi connectivity index (χ0v) is 12.8. The topological polar surface area (TPSA) is 55.4 Å². The SMILES string of the molecule is COCCNS(=O)(=O)c1ccc(Br)c2ccccc12. The third kappa shape index (κ3) is 3.14. The molecule has 19 heavy (non-hydrogen) atoms. The Morgan fingerprint density at radius 3 is 2.53 bits per heavy atom. The Bertz CT molecular complexity index is 685. The number of halogens is 1. The fourth-order valence-electron chi connectivity index (χ4n) is 1.82. The fourth-order valence-corrected chi connectivity index (χ4v) is 3.53. The highest BCUT2D eigenvalue weighted by molar-refractivity contribution is 9.10. The zero-order valence-electron chi connectivity index (χ0n) is 10.4. The predicted molar refractivity (Wildman–Crippen MR) is 78.7 cm³/mol. The lowest BCUT2D eigenvalue weighted by Crippen LogP contribution is -2.27. The first-order valence-electron chi connectivity index (χ1n) is 5.72. The van der Waals surface area contributed by atoms with Gasteiger partial charge in [-0.1, -0.05) is 40.2 Å². The van der Waals surface area contributed by atoms with Crippen LogP contribution in [0.5, 0.6) is 0 Å². The van der Waals surface area contributed by atoms with Gasteiger partial charge in [-0.3, -0.25) is 0 Å². The van der Waals surface area contributed by atoms with E-state index < -0.39 is 10.0 Å². The molecule has 0 bridgehead atoms. The largest absolute Gasteiger partial charge is 0.383 e.